The van der Waals surface area contributed by atoms with Crippen molar-refractivity contribution < 1.29 is 17.9 Å². The summed E-state index contributed by atoms with van der Waals surface area (Å²) in [6.07, 6.45) is -2.50. The number of fused-ring (bicyclic) bond motifs is 1. The third-order valence-corrected chi connectivity index (χ3v) is 6.88. The highest BCUT2D eigenvalue weighted by atomic mass is 19.4. The van der Waals surface area contributed by atoms with Gasteiger partial charge in [-0.05, 0) is 48.9 Å². The zero-order valence-corrected chi connectivity index (χ0v) is 20.1. The third-order valence-electron chi connectivity index (χ3n) is 6.88. The summed E-state index contributed by atoms with van der Waals surface area (Å²) in [6.45, 7) is 9.75. The molecule has 2 aliphatic heterocycles. The lowest BCUT2D eigenvalue weighted by atomic mass is 9.98. The maximum absolute atomic E-state index is 12.5. The van der Waals surface area contributed by atoms with Crippen molar-refractivity contribution in [1.82, 2.24) is 19.4 Å². The minimum atomic E-state index is -4.69. The molecule has 0 amide bonds. The van der Waals surface area contributed by atoms with E-state index >= 15 is 0 Å². The molecule has 0 saturated carbocycles. The van der Waals surface area contributed by atoms with E-state index in [-0.39, 0.29) is 5.75 Å². The summed E-state index contributed by atoms with van der Waals surface area (Å²) >= 11 is 0. The second kappa shape index (κ2) is 9.54. The smallest absolute Gasteiger partial charge is 0.406 e. The number of nitrogens with zero attached hydrogens (tertiary/aromatic N) is 5. The summed E-state index contributed by atoms with van der Waals surface area (Å²) in [5.74, 6) is 0.851. The Bertz CT molecular complexity index is 1170. The van der Waals surface area contributed by atoms with Crippen molar-refractivity contribution in [2.24, 2.45) is 0 Å². The summed E-state index contributed by atoms with van der Waals surface area (Å²) in [7, 11) is 2.16. The van der Waals surface area contributed by atoms with Crippen LogP contribution in [-0.4, -0.2) is 65.5 Å². The molecule has 1 saturated heterocycles. The van der Waals surface area contributed by atoms with Crippen LogP contribution in [0.4, 0.5) is 18.9 Å². The Balaban J connectivity index is 1.30. The van der Waals surface area contributed by atoms with Crippen molar-refractivity contribution in [3.63, 3.8) is 0 Å². The molecule has 3 heterocycles. The van der Waals surface area contributed by atoms with Gasteiger partial charge in [-0.1, -0.05) is 24.3 Å². The molecular formula is C26H30F3N5O. The van der Waals surface area contributed by atoms with E-state index in [1.807, 2.05) is 12.1 Å². The van der Waals surface area contributed by atoms with Gasteiger partial charge in [0.25, 0.3) is 0 Å². The van der Waals surface area contributed by atoms with Gasteiger partial charge in [-0.15, -0.1) is 13.2 Å². The standard InChI is InChI=1S/C26H30F3N5O/c1-19-23(20-6-8-22(9-7-20)35-26(27,28)29)4-3-5-24(19)33-14-15-34-17-21(30-25(34)18-33)16-32-12-10-31(2)11-13-32/h3-9,17H,10-16,18H2,1-2H3. The molecule has 9 heteroatoms. The van der Waals surface area contributed by atoms with Crippen LogP contribution in [0.2, 0.25) is 0 Å². The number of hydrogen-bond acceptors (Lipinski definition) is 5. The van der Waals surface area contributed by atoms with Gasteiger partial charge in [-0.25, -0.2) is 4.98 Å². The van der Waals surface area contributed by atoms with Crippen LogP contribution in [0.25, 0.3) is 11.1 Å². The second-order valence-electron chi connectivity index (χ2n) is 9.36. The number of aromatic nitrogens is 2. The molecule has 35 heavy (non-hydrogen) atoms. The molecule has 0 unspecified atom stereocenters. The Morgan fingerprint density at radius 1 is 0.943 bits per heavy atom. The normalized spacial score (nSPS) is 17.5. The number of imidazole rings is 1. The Labute approximate surface area is 203 Å². The van der Waals surface area contributed by atoms with Gasteiger partial charge in [0.1, 0.15) is 11.6 Å². The molecule has 1 fully saturated rings. The van der Waals surface area contributed by atoms with Crippen LogP contribution >= 0.6 is 0 Å². The van der Waals surface area contributed by atoms with Gasteiger partial charge in [0.15, 0.2) is 0 Å². The van der Waals surface area contributed by atoms with Crippen molar-refractivity contribution in [2.75, 3.05) is 44.7 Å². The zero-order valence-electron chi connectivity index (χ0n) is 20.1. The van der Waals surface area contributed by atoms with E-state index in [9.17, 15) is 13.2 Å². The van der Waals surface area contributed by atoms with Crippen LogP contribution in [0.5, 0.6) is 5.75 Å². The van der Waals surface area contributed by atoms with Crippen LogP contribution in [0, 0.1) is 6.92 Å². The number of benzene rings is 2. The Morgan fingerprint density at radius 3 is 2.40 bits per heavy atom. The first kappa shape index (κ1) is 23.7. The fourth-order valence-corrected chi connectivity index (χ4v) is 4.94. The molecule has 2 aromatic carbocycles. The molecule has 5 rings (SSSR count). The van der Waals surface area contributed by atoms with Gasteiger partial charge in [0.05, 0.1) is 12.2 Å². The van der Waals surface area contributed by atoms with Crippen LogP contribution in [0.3, 0.4) is 0 Å². The molecule has 6 nitrogen and oxygen atoms in total. The summed E-state index contributed by atoms with van der Waals surface area (Å²) in [6, 6.07) is 12.1. The number of hydrogen-bond donors (Lipinski definition) is 0. The Morgan fingerprint density at radius 2 is 1.69 bits per heavy atom. The molecule has 0 N–H and O–H groups in total. The van der Waals surface area contributed by atoms with Crippen LogP contribution in [0.1, 0.15) is 17.1 Å². The fraction of sp³-hybridized carbons (Fsp3) is 0.423. The molecule has 2 aliphatic rings. The highest BCUT2D eigenvalue weighted by Crippen LogP contribution is 2.34. The van der Waals surface area contributed by atoms with E-state index in [4.69, 9.17) is 4.98 Å². The predicted octanol–water partition coefficient (Wildman–Crippen LogP) is 4.52. The number of alkyl halides is 3. The van der Waals surface area contributed by atoms with Gasteiger partial charge >= 0.3 is 6.36 Å². The van der Waals surface area contributed by atoms with E-state index in [0.717, 1.165) is 86.3 Å². The van der Waals surface area contributed by atoms with Gasteiger partial charge in [-0.3, -0.25) is 4.90 Å². The molecule has 3 aromatic rings. The lowest BCUT2D eigenvalue weighted by Gasteiger charge is -2.31. The van der Waals surface area contributed by atoms with Crippen LogP contribution in [-0.2, 0) is 19.6 Å². The average molecular weight is 486 g/mol. The molecule has 186 valence electrons. The number of ether oxygens (including phenoxy) is 1. The summed E-state index contributed by atoms with van der Waals surface area (Å²) in [4.78, 5) is 12.1. The van der Waals surface area contributed by atoms with E-state index < -0.39 is 6.36 Å². The fourth-order valence-electron chi connectivity index (χ4n) is 4.94. The molecule has 0 atom stereocenters. The molecule has 0 bridgehead atoms. The van der Waals surface area contributed by atoms with Crippen molar-refractivity contribution in [3.8, 4) is 16.9 Å². The largest absolute Gasteiger partial charge is 0.573 e. The highest BCUT2D eigenvalue weighted by Gasteiger charge is 2.31. The Kier molecular flexibility index (Phi) is 6.46. The number of anilines is 1. The van der Waals surface area contributed by atoms with Crippen molar-refractivity contribution in [3.05, 3.63) is 65.7 Å². The average Bonchev–Trinajstić information content (AvgIpc) is 3.22. The lowest BCUT2D eigenvalue weighted by molar-refractivity contribution is -0.274. The minimum absolute atomic E-state index is 0.217. The molecule has 0 aliphatic carbocycles. The third kappa shape index (κ3) is 5.46. The first-order valence-electron chi connectivity index (χ1n) is 11.9. The number of rotatable bonds is 5. The van der Waals surface area contributed by atoms with Gasteiger partial charge < -0.3 is 19.1 Å². The SMILES string of the molecule is Cc1c(-c2ccc(OC(F)(F)F)cc2)cccc1N1CCn2cc(CN3CCN(C)CC3)nc2C1. The number of halogens is 3. The van der Waals surface area contributed by atoms with E-state index in [0.29, 0.717) is 0 Å². The zero-order chi connectivity index (χ0) is 24.6. The van der Waals surface area contributed by atoms with E-state index in [1.165, 1.54) is 12.1 Å². The van der Waals surface area contributed by atoms with Crippen molar-refractivity contribution in [2.45, 2.75) is 32.9 Å². The topological polar surface area (TPSA) is 36.8 Å². The van der Waals surface area contributed by atoms with Crippen molar-refractivity contribution in [1.29, 1.82) is 0 Å². The maximum atomic E-state index is 12.5. The first-order valence-corrected chi connectivity index (χ1v) is 11.9. The first-order chi connectivity index (χ1) is 16.7. The lowest BCUT2D eigenvalue weighted by Crippen LogP contribution is -2.43. The van der Waals surface area contributed by atoms with Gasteiger partial charge in [0, 0.05) is 57.7 Å². The second-order valence-corrected chi connectivity index (χ2v) is 9.36. The summed E-state index contributed by atoms with van der Waals surface area (Å²) < 4.78 is 43.7. The summed E-state index contributed by atoms with van der Waals surface area (Å²) in [5.41, 5.74) is 5.18. The van der Waals surface area contributed by atoms with E-state index in [1.54, 1.807) is 12.1 Å². The monoisotopic (exact) mass is 485 g/mol. The predicted molar refractivity (Wildman–Crippen MR) is 129 cm³/mol. The van der Waals surface area contributed by atoms with Gasteiger partial charge in [-0.2, -0.15) is 0 Å². The number of piperazine rings is 1. The highest BCUT2D eigenvalue weighted by molar-refractivity contribution is 5.74. The quantitative estimate of drug-likeness (QED) is 0.531. The molecule has 1 aromatic heterocycles. The molecular weight excluding hydrogens is 455 g/mol. The molecule has 0 spiro atoms. The maximum Gasteiger partial charge on any atom is 0.573 e. The molecule has 0 radical (unpaired) electrons. The Hall–Kier alpha value is -3.04. The van der Waals surface area contributed by atoms with E-state index in [2.05, 4.69) is 50.2 Å². The van der Waals surface area contributed by atoms with Gasteiger partial charge in [0.2, 0.25) is 0 Å². The van der Waals surface area contributed by atoms with Crippen LogP contribution in [0.15, 0.2) is 48.7 Å². The number of likely N-dealkylation sites (N-methyl/N-ethyl adjacent to an activating group) is 1. The minimum Gasteiger partial charge on any atom is -0.406 e. The summed E-state index contributed by atoms with van der Waals surface area (Å²) in [5, 5.41) is 0. The van der Waals surface area contributed by atoms with Crippen molar-refractivity contribution >= 4 is 5.69 Å². The van der Waals surface area contributed by atoms with Crippen LogP contribution < -0.4 is 9.64 Å².